The highest BCUT2D eigenvalue weighted by Crippen LogP contribution is 2.25. The third-order valence-corrected chi connectivity index (χ3v) is 5.60. The maximum absolute atomic E-state index is 12.4. The summed E-state index contributed by atoms with van der Waals surface area (Å²) in [5, 5.41) is 3.04. The standard InChI is InChI=1S/C20H26N4O2/c25-19(21-12-9-15-5-1-2-6-15)23-13-10-16(11-14-23)24-18-8-4-3-7-17(18)22-20(24)26/h3-5,7-8,16H,1-2,6,9-14H2,(H,21,25)(H,22,26). The minimum Gasteiger partial charge on any atom is -0.338 e. The van der Waals surface area contributed by atoms with Crippen LogP contribution in [0.15, 0.2) is 40.7 Å². The predicted octanol–water partition coefficient (Wildman–Crippen LogP) is 3.18. The zero-order chi connectivity index (χ0) is 17.9. The molecule has 1 aromatic heterocycles. The second-order valence-electron chi connectivity index (χ2n) is 7.27. The number of urea groups is 1. The highest BCUT2D eigenvalue weighted by molar-refractivity contribution is 5.75. The Balaban J connectivity index is 1.32. The molecule has 0 spiro atoms. The summed E-state index contributed by atoms with van der Waals surface area (Å²) in [5.74, 6) is 0. The number of H-pyrrole nitrogens is 1. The van der Waals surface area contributed by atoms with Gasteiger partial charge in [0.15, 0.2) is 0 Å². The van der Waals surface area contributed by atoms with E-state index in [2.05, 4.69) is 16.4 Å². The van der Waals surface area contributed by atoms with Gasteiger partial charge >= 0.3 is 11.7 Å². The van der Waals surface area contributed by atoms with E-state index in [1.807, 2.05) is 33.7 Å². The first-order chi connectivity index (χ1) is 12.7. The van der Waals surface area contributed by atoms with Crippen molar-refractivity contribution >= 4 is 17.1 Å². The summed E-state index contributed by atoms with van der Waals surface area (Å²) in [7, 11) is 0. The lowest BCUT2D eigenvalue weighted by Gasteiger charge is -2.32. The molecular formula is C20H26N4O2. The van der Waals surface area contributed by atoms with Crippen LogP contribution in [0.2, 0.25) is 0 Å². The molecule has 6 nitrogen and oxygen atoms in total. The second kappa shape index (κ2) is 7.40. The van der Waals surface area contributed by atoms with E-state index >= 15 is 0 Å². The molecule has 138 valence electrons. The molecule has 2 N–H and O–H groups in total. The van der Waals surface area contributed by atoms with Crippen molar-refractivity contribution in [1.29, 1.82) is 0 Å². The number of rotatable bonds is 4. The SMILES string of the molecule is O=C(NCCC1=CCCC1)N1CCC(n2c(=O)[nH]c3ccccc32)CC1. The number of aromatic nitrogens is 2. The van der Waals surface area contributed by atoms with E-state index in [0.29, 0.717) is 19.6 Å². The summed E-state index contributed by atoms with van der Waals surface area (Å²) >= 11 is 0. The van der Waals surface area contributed by atoms with Gasteiger partial charge in [-0.3, -0.25) is 4.57 Å². The molecule has 1 aromatic carbocycles. The molecule has 6 heteroatoms. The van der Waals surface area contributed by atoms with Gasteiger partial charge in [-0.1, -0.05) is 23.8 Å². The molecule has 0 bridgehead atoms. The van der Waals surface area contributed by atoms with Crippen LogP contribution in [0.3, 0.4) is 0 Å². The molecule has 0 saturated carbocycles. The zero-order valence-corrected chi connectivity index (χ0v) is 15.0. The number of nitrogens with zero attached hydrogens (tertiary/aromatic N) is 2. The minimum atomic E-state index is -0.0565. The largest absolute Gasteiger partial charge is 0.338 e. The van der Waals surface area contributed by atoms with Gasteiger partial charge in [0.05, 0.1) is 11.0 Å². The first-order valence-corrected chi connectivity index (χ1v) is 9.62. The second-order valence-corrected chi connectivity index (χ2v) is 7.27. The number of benzene rings is 1. The van der Waals surface area contributed by atoms with E-state index in [4.69, 9.17) is 0 Å². The third-order valence-electron chi connectivity index (χ3n) is 5.60. The molecular weight excluding hydrogens is 328 g/mol. The van der Waals surface area contributed by atoms with E-state index in [1.54, 1.807) is 0 Å². The van der Waals surface area contributed by atoms with Crippen molar-refractivity contribution < 1.29 is 4.79 Å². The van der Waals surface area contributed by atoms with Crippen LogP contribution < -0.4 is 11.0 Å². The Labute approximate surface area is 152 Å². The monoisotopic (exact) mass is 354 g/mol. The van der Waals surface area contributed by atoms with E-state index in [-0.39, 0.29) is 17.8 Å². The summed E-state index contributed by atoms with van der Waals surface area (Å²) in [5.41, 5.74) is 3.24. The molecule has 1 aliphatic heterocycles. The Hall–Kier alpha value is -2.50. The number of likely N-dealkylation sites (tertiary alicyclic amines) is 1. The topological polar surface area (TPSA) is 70.1 Å². The number of para-hydroxylation sites is 2. The molecule has 2 aromatic rings. The highest BCUT2D eigenvalue weighted by Gasteiger charge is 2.25. The quantitative estimate of drug-likeness (QED) is 0.828. The number of hydrogen-bond acceptors (Lipinski definition) is 2. The molecule has 0 atom stereocenters. The number of hydrogen-bond donors (Lipinski definition) is 2. The Kier molecular flexibility index (Phi) is 4.82. The molecule has 2 amide bonds. The molecule has 1 aliphatic carbocycles. The highest BCUT2D eigenvalue weighted by atomic mass is 16.2. The van der Waals surface area contributed by atoms with Gasteiger partial charge < -0.3 is 15.2 Å². The van der Waals surface area contributed by atoms with Crippen molar-refractivity contribution in [2.75, 3.05) is 19.6 Å². The number of allylic oxidation sites excluding steroid dienone is 1. The van der Waals surface area contributed by atoms with Gasteiger partial charge in [-0.2, -0.15) is 0 Å². The Bertz CT molecular complexity index is 871. The van der Waals surface area contributed by atoms with Gasteiger partial charge in [-0.15, -0.1) is 0 Å². The van der Waals surface area contributed by atoms with Gasteiger partial charge in [0, 0.05) is 25.7 Å². The van der Waals surface area contributed by atoms with Crippen LogP contribution >= 0.6 is 0 Å². The van der Waals surface area contributed by atoms with Gasteiger partial charge in [-0.05, 0) is 50.7 Å². The molecule has 0 radical (unpaired) electrons. The smallest absolute Gasteiger partial charge is 0.326 e. The van der Waals surface area contributed by atoms with Crippen LogP contribution in [0.1, 0.15) is 44.6 Å². The fraction of sp³-hybridized carbons (Fsp3) is 0.500. The van der Waals surface area contributed by atoms with Gasteiger partial charge in [0.1, 0.15) is 0 Å². The average molecular weight is 354 g/mol. The zero-order valence-electron chi connectivity index (χ0n) is 15.0. The van der Waals surface area contributed by atoms with E-state index in [1.165, 1.54) is 24.8 Å². The van der Waals surface area contributed by atoms with Crippen molar-refractivity contribution in [3.8, 4) is 0 Å². The van der Waals surface area contributed by atoms with Crippen LogP contribution in [0.4, 0.5) is 4.79 Å². The van der Waals surface area contributed by atoms with E-state index in [9.17, 15) is 9.59 Å². The van der Waals surface area contributed by atoms with Gasteiger partial charge in [0.2, 0.25) is 0 Å². The molecule has 4 rings (SSSR count). The predicted molar refractivity (Wildman–Crippen MR) is 102 cm³/mol. The first-order valence-electron chi connectivity index (χ1n) is 9.62. The van der Waals surface area contributed by atoms with Crippen LogP contribution in [-0.2, 0) is 0 Å². The number of carbonyl (C=O) groups excluding carboxylic acids is 1. The number of amides is 2. The Morgan fingerprint density at radius 3 is 2.81 bits per heavy atom. The lowest BCUT2D eigenvalue weighted by Crippen LogP contribution is -2.45. The summed E-state index contributed by atoms with van der Waals surface area (Å²) in [6, 6.07) is 7.95. The fourth-order valence-electron chi connectivity index (χ4n) is 4.17. The first kappa shape index (κ1) is 16.9. The number of aromatic amines is 1. The van der Waals surface area contributed by atoms with E-state index in [0.717, 1.165) is 30.3 Å². The van der Waals surface area contributed by atoms with Gasteiger partial charge in [-0.25, -0.2) is 9.59 Å². The minimum absolute atomic E-state index is 0.0216. The van der Waals surface area contributed by atoms with Crippen LogP contribution in [-0.4, -0.2) is 40.1 Å². The maximum atomic E-state index is 12.4. The summed E-state index contributed by atoms with van der Waals surface area (Å²) in [6.45, 7) is 2.09. The molecule has 2 heterocycles. The van der Waals surface area contributed by atoms with Crippen molar-refractivity contribution in [2.24, 2.45) is 0 Å². The summed E-state index contributed by atoms with van der Waals surface area (Å²) in [4.78, 5) is 29.5. The van der Waals surface area contributed by atoms with Crippen molar-refractivity contribution in [3.63, 3.8) is 0 Å². The molecule has 1 saturated heterocycles. The molecule has 26 heavy (non-hydrogen) atoms. The lowest BCUT2D eigenvalue weighted by molar-refractivity contribution is 0.172. The summed E-state index contributed by atoms with van der Waals surface area (Å²) < 4.78 is 1.86. The van der Waals surface area contributed by atoms with E-state index < -0.39 is 0 Å². The number of nitrogens with one attached hydrogen (secondary N) is 2. The fourth-order valence-corrected chi connectivity index (χ4v) is 4.17. The summed E-state index contributed by atoms with van der Waals surface area (Å²) in [6.07, 6.45) is 8.50. The molecule has 1 fully saturated rings. The van der Waals surface area contributed by atoms with Crippen molar-refractivity contribution in [1.82, 2.24) is 19.8 Å². The number of carbonyl (C=O) groups is 1. The number of piperidine rings is 1. The normalized spacial score (nSPS) is 18.3. The number of fused-ring (bicyclic) bond motifs is 1. The lowest BCUT2D eigenvalue weighted by atomic mass is 10.0. The molecule has 0 unspecified atom stereocenters. The maximum Gasteiger partial charge on any atom is 0.326 e. The van der Waals surface area contributed by atoms with Gasteiger partial charge in [0.25, 0.3) is 0 Å². The Morgan fingerprint density at radius 1 is 1.23 bits per heavy atom. The van der Waals surface area contributed by atoms with Crippen LogP contribution in [0.25, 0.3) is 11.0 Å². The van der Waals surface area contributed by atoms with Crippen LogP contribution in [0.5, 0.6) is 0 Å². The van der Waals surface area contributed by atoms with Crippen molar-refractivity contribution in [3.05, 3.63) is 46.4 Å². The molecule has 2 aliphatic rings. The van der Waals surface area contributed by atoms with Crippen LogP contribution in [0, 0.1) is 0 Å². The average Bonchev–Trinajstić information content (AvgIpc) is 3.28. The third kappa shape index (κ3) is 3.41. The number of imidazole rings is 1. The Morgan fingerprint density at radius 2 is 2.04 bits per heavy atom. The van der Waals surface area contributed by atoms with Crippen molar-refractivity contribution in [2.45, 2.75) is 44.6 Å².